The number of aromatic nitrogens is 5. The van der Waals surface area contributed by atoms with Crippen LogP contribution < -0.4 is 10.9 Å². The van der Waals surface area contributed by atoms with E-state index in [2.05, 4.69) is 25.5 Å². The number of carbonyl (C=O) groups excluding carboxylic acids is 1. The summed E-state index contributed by atoms with van der Waals surface area (Å²) in [7, 11) is 0. The fourth-order valence-electron chi connectivity index (χ4n) is 2.77. The van der Waals surface area contributed by atoms with E-state index >= 15 is 0 Å². The first kappa shape index (κ1) is 19.3. The number of aromatic amines is 1. The minimum absolute atomic E-state index is 0.0395. The molecule has 4 aromatic rings. The van der Waals surface area contributed by atoms with Gasteiger partial charge in [0.05, 0.1) is 0 Å². The van der Waals surface area contributed by atoms with Crippen molar-refractivity contribution in [3.8, 4) is 11.4 Å². The third kappa shape index (κ3) is 3.94. The number of benzene rings is 1. The van der Waals surface area contributed by atoms with Gasteiger partial charge in [-0.1, -0.05) is 42.1 Å². The predicted octanol–water partition coefficient (Wildman–Crippen LogP) is 2.68. The van der Waals surface area contributed by atoms with Crippen molar-refractivity contribution in [1.82, 2.24) is 29.9 Å². The van der Waals surface area contributed by atoms with Gasteiger partial charge in [0, 0.05) is 34.6 Å². The normalized spacial score (nSPS) is 11.1. The average molecular weight is 427 g/mol. The van der Waals surface area contributed by atoms with E-state index in [4.69, 9.17) is 0 Å². The number of carbonyl (C=O) groups is 1. The van der Waals surface area contributed by atoms with Crippen LogP contribution in [0.3, 0.4) is 0 Å². The Hall–Kier alpha value is -2.98. The van der Waals surface area contributed by atoms with Crippen molar-refractivity contribution in [3.63, 3.8) is 0 Å². The number of nitrogens with zero attached hydrogens (tertiary/aromatic N) is 4. The molecule has 8 nitrogen and oxygen atoms in total. The third-order valence-corrected chi connectivity index (χ3v) is 6.31. The molecule has 148 valence electrons. The quantitative estimate of drug-likeness (QED) is 0.363. The summed E-state index contributed by atoms with van der Waals surface area (Å²) in [4.78, 5) is 35.3. The highest BCUT2D eigenvalue weighted by molar-refractivity contribution is 7.99. The summed E-state index contributed by atoms with van der Waals surface area (Å²) in [6.07, 6.45) is 1.34. The second-order valence-corrected chi connectivity index (χ2v) is 8.52. The van der Waals surface area contributed by atoms with Crippen molar-refractivity contribution >= 4 is 34.0 Å². The second-order valence-electron chi connectivity index (χ2n) is 6.28. The fraction of sp³-hybridized carbons (Fsp3) is 0.211. The molecule has 1 aromatic carbocycles. The monoisotopic (exact) mass is 426 g/mol. The Morgan fingerprint density at radius 1 is 1.28 bits per heavy atom. The smallest absolute Gasteiger partial charge is 0.271 e. The van der Waals surface area contributed by atoms with Gasteiger partial charge in [-0.05, 0) is 13.8 Å². The van der Waals surface area contributed by atoms with E-state index in [9.17, 15) is 9.59 Å². The van der Waals surface area contributed by atoms with E-state index in [1.54, 1.807) is 0 Å². The maximum absolute atomic E-state index is 12.6. The van der Waals surface area contributed by atoms with E-state index in [-0.39, 0.29) is 11.1 Å². The number of H-pyrrole nitrogens is 1. The zero-order valence-electron chi connectivity index (χ0n) is 15.8. The number of thiazole rings is 1. The highest BCUT2D eigenvalue weighted by atomic mass is 32.2. The molecule has 3 aromatic heterocycles. The molecule has 0 saturated heterocycles. The van der Waals surface area contributed by atoms with Crippen molar-refractivity contribution in [2.75, 3.05) is 12.3 Å². The van der Waals surface area contributed by atoms with Gasteiger partial charge in [-0.2, -0.15) is 0 Å². The Kier molecular flexibility index (Phi) is 5.45. The van der Waals surface area contributed by atoms with Gasteiger partial charge in [-0.15, -0.1) is 16.4 Å². The molecule has 0 fully saturated rings. The van der Waals surface area contributed by atoms with Gasteiger partial charge >= 0.3 is 0 Å². The number of fused-ring (bicyclic) bond motifs is 1. The standard InChI is InChI=1S/C19H18N6O2S2/c1-11-12(2)29-19-21-10-14(17(27)25(11)19)16(26)20-8-9-28-18-22-15(23-24-18)13-6-4-3-5-7-13/h3-7,10H,8-9H2,1-2H3,(H,20,26)(H,22,23,24). The van der Waals surface area contributed by atoms with Gasteiger partial charge in [0.15, 0.2) is 10.8 Å². The highest BCUT2D eigenvalue weighted by Crippen LogP contribution is 2.19. The number of hydrogen-bond acceptors (Lipinski definition) is 7. The molecule has 0 spiro atoms. The molecule has 29 heavy (non-hydrogen) atoms. The van der Waals surface area contributed by atoms with Crippen molar-refractivity contribution in [2.24, 2.45) is 0 Å². The number of aryl methyl sites for hydroxylation is 2. The van der Waals surface area contributed by atoms with E-state index in [0.717, 1.165) is 16.1 Å². The first-order chi connectivity index (χ1) is 14.0. The van der Waals surface area contributed by atoms with Crippen LogP contribution in [0.1, 0.15) is 20.9 Å². The minimum Gasteiger partial charge on any atom is -0.351 e. The molecule has 0 aliphatic rings. The van der Waals surface area contributed by atoms with Gasteiger partial charge in [0.2, 0.25) is 5.16 Å². The van der Waals surface area contributed by atoms with Crippen LogP contribution in [0.5, 0.6) is 0 Å². The molecule has 0 saturated carbocycles. The lowest BCUT2D eigenvalue weighted by atomic mass is 10.2. The molecule has 3 heterocycles. The van der Waals surface area contributed by atoms with Crippen molar-refractivity contribution in [3.05, 3.63) is 63.0 Å². The summed E-state index contributed by atoms with van der Waals surface area (Å²) in [5.74, 6) is 0.845. The number of nitrogens with one attached hydrogen (secondary N) is 2. The molecular weight excluding hydrogens is 408 g/mol. The Morgan fingerprint density at radius 2 is 2.07 bits per heavy atom. The van der Waals surface area contributed by atoms with Gasteiger partial charge in [0.25, 0.3) is 11.5 Å². The van der Waals surface area contributed by atoms with Crippen LogP contribution in [0, 0.1) is 13.8 Å². The van der Waals surface area contributed by atoms with Gasteiger partial charge < -0.3 is 5.32 Å². The molecule has 2 N–H and O–H groups in total. The van der Waals surface area contributed by atoms with Crippen LogP contribution in [-0.4, -0.2) is 42.8 Å². The van der Waals surface area contributed by atoms with Crippen LogP contribution in [-0.2, 0) is 0 Å². The first-order valence-electron chi connectivity index (χ1n) is 8.91. The zero-order chi connectivity index (χ0) is 20.4. The van der Waals surface area contributed by atoms with Gasteiger partial charge in [-0.3, -0.25) is 19.1 Å². The van der Waals surface area contributed by atoms with E-state index < -0.39 is 5.91 Å². The molecule has 0 radical (unpaired) electrons. The van der Waals surface area contributed by atoms with E-state index in [1.165, 1.54) is 33.7 Å². The molecule has 0 unspecified atom stereocenters. The zero-order valence-corrected chi connectivity index (χ0v) is 17.4. The number of amides is 1. The van der Waals surface area contributed by atoms with Crippen molar-refractivity contribution in [1.29, 1.82) is 0 Å². The lowest BCUT2D eigenvalue weighted by Gasteiger charge is -2.04. The predicted molar refractivity (Wildman–Crippen MR) is 114 cm³/mol. The maximum Gasteiger partial charge on any atom is 0.271 e. The van der Waals surface area contributed by atoms with Crippen LogP contribution >= 0.6 is 23.1 Å². The highest BCUT2D eigenvalue weighted by Gasteiger charge is 2.16. The third-order valence-electron chi connectivity index (χ3n) is 4.39. The molecule has 1 amide bonds. The number of hydrogen-bond donors (Lipinski definition) is 2. The average Bonchev–Trinajstić information content (AvgIpc) is 3.31. The van der Waals surface area contributed by atoms with Crippen molar-refractivity contribution < 1.29 is 4.79 Å². The summed E-state index contributed by atoms with van der Waals surface area (Å²) in [6, 6.07) is 9.73. The molecule has 10 heteroatoms. The van der Waals surface area contributed by atoms with Crippen LogP contribution in [0.25, 0.3) is 16.3 Å². The molecular formula is C19H18N6O2S2. The maximum atomic E-state index is 12.6. The molecule has 0 atom stereocenters. The Labute approximate surface area is 174 Å². The molecule has 0 aliphatic carbocycles. The van der Waals surface area contributed by atoms with Crippen LogP contribution in [0.2, 0.25) is 0 Å². The fourth-order valence-corrected chi connectivity index (χ4v) is 4.35. The first-order valence-corrected chi connectivity index (χ1v) is 10.7. The van der Waals surface area contributed by atoms with E-state index in [1.807, 2.05) is 44.2 Å². The van der Waals surface area contributed by atoms with Gasteiger partial charge in [0.1, 0.15) is 5.56 Å². The largest absolute Gasteiger partial charge is 0.351 e. The lowest BCUT2D eigenvalue weighted by molar-refractivity contribution is 0.0954. The van der Waals surface area contributed by atoms with Gasteiger partial charge in [-0.25, -0.2) is 9.97 Å². The summed E-state index contributed by atoms with van der Waals surface area (Å²) in [5, 5.41) is 10.5. The number of thioether (sulfide) groups is 1. The van der Waals surface area contributed by atoms with E-state index in [0.29, 0.717) is 28.2 Å². The minimum atomic E-state index is -0.430. The Bertz CT molecular complexity index is 1230. The molecule has 0 bridgehead atoms. The molecule has 0 aliphatic heterocycles. The summed E-state index contributed by atoms with van der Waals surface area (Å²) >= 11 is 2.85. The summed E-state index contributed by atoms with van der Waals surface area (Å²) in [5.41, 5.74) is 1.47. The topological polar surface area (TPSA) is 105 Å². The van der Waals surface area contributed by atoms with Crippen molar-refractivity contribution in [2.45, 2.75) is 19.0 Å². The van der Waals surface area contributed by atoms with Crippen LogP contribution in [0.4, 0.5) is 0 Å². The lowest BCUT2D eigenvalue weighted by Crippen LogP contribution is -2.32. The van der Waals surface area contributed by atoms with Crippen LogP contribution in [0.15, 0.2) is 46.5 Å². The SMILES string of the molecule is Cc1sc2ncc(C(=O)NCCSc3n[nH]c(-c4ccccc4)n3)c(=O)n2c1C. The number of rotatable bonds is 6. The molecule has 4 rings (SSSR count). The summed E-state index contributed by atoms with van der Waals surface area (Å²) in [6.45, 7) is 4.15. The Morgan fingerprint density at radius 3 is 2.86 bits per heavy atom. The second kappa shape index (κ2) is 8.18. The summed E-state index contributed by atoms with van der Waals surface area (Å²) < 4.78 is 1.49. The Balaban J connectivity index is 1.36.